The van der Waals surface area contributed by atoms with Crippen molar-refractivity contribution in [1.82, 2.24) is 16.2 Å². The highest BCUT2D eigenvalue weighted by Gasteiger charge is 2.08. The third kappa shape index (κ3) is 6.42. The van der Waals surface area contributed by atoms with Crippen molar-refractivity contribution in [3.63, 3.8) is 0 Å². The van der Waals surface area contributed by atoms with Crippen LogP contribution in [-0.4, -0.2) is 24.3 Å². The van der Waals surface area contributed by atoms with Crippen molar-refractivity contribution in [2.75, 3.05) is 6.54 Å². The predicted molar refractivity (Wildman–Crippen MR) is 89.8 cm³/mol. The summed E-state index contributed by atoms with van der Waals surface area (Å²) in [6, 6.07) is 14.2. The monoisotopic (exact) mass is 343 g/mol. The molecular formula is C18H18FN3O3. The first kappa shape index (κ1) is 18.1. The molecule has 25 heavy (non-hydrogen) atoms. The highest BCUT2D eigenvalue weighted by Crippen LogP contribution is 2.03. The van der Waals surface area contributed by atoms with Gasteiger partial charge in [0.2, 0.25) is 11.8 Å². The van der Waals surface area contributed by atoms with Gasteiger partial charge >= 0.3 is 0 Å². The topological polar surface area (TPSA) is 87.3 Å². The number of halogens is 1. The lowest BCUT2D eigenvalue weighted by atomic mass is 10.1. The maximum absolute atomic E-state index is 12.8. The van der Waals surface area contributed by atoms with Gasteiger partial charge in [-0.3, -0.25) is 25.2 Å². The van der Waals surface area contributed by atoms with E-state index in [0.717, 1.165) is 0 Å². The van der Waals surface area contributed by atoms with Gasteiger partial charge in [0, 0.05) is 18.5 Å². The third-order valence-electron chi connectivity index (χ3n) is 3.29. The summed E-state index contributed by atoms with van der Waals surface area (Å²) in [4.78, 5) is 35.1. The molecule has 2 aromatic rings. The lowest BCUT2D eigenvalue weighted by Crippen LogP contribution is -2.43. The quantitative estimate of drug-likeness (QED) is 0.692. The highest BCUT2D eigenvalue weighted by atomic mass is 19.1. The Hall–Kier alpha value is -3.22. The summed E-state index contributed by atoms with van der Waals surface area (Å²) in [5.74, 6) is -1.50. The highest BCUT2D eigenvalue weighted by molar-refractivity contribution is 5.94. The van der Waals surface area contributed by atoms with Gasteiger partial charge in [0.05, 0.1) is 6.42 Å². The molecule has 2 aromatic carbocycles. The van der Waals surface area contributed by atoms with Gasteiger partial charge in [0.1, 0.15) is 5.82 Å². The molecule has 0 aromatic heterocycles. The van der Waals surface area contributed by atoms with Crippen molar-refractivity contribution in [2.24, 2.45) is 0 Å². The molecular weight excluding hydrogens is 325 g/mol. The molecule has 0 unspecified atom stereocenters. The van der Waals surface area contributed by atoms with Gasteiger partial charge in [0.15, 0.2) is 0 Å². The summed E-state index contributed by atoms with van der Waals surface area (Å²) in [5.41, 5.74) is 5.67. The van der Waals surface area contributed by atoms with E-state index in [9.17, 15) is 18.8 Å². The molecule has 0 saturated heterocycles. The van der Waals surface area contributed by atoms with Crippen LogP contribution in [0.4, 0.5) is 4.39 Å². The number of carbonyl (C=O) groups excluding carboxylic acids is 3. The average Bonchev–Trinajstić information content (AvgIpc) is 2.62. The van der Waals surface area contributed by atoms with Crippen LogP contribution in [0, 0.1) is 5.82 Å². The molecule has 130 valence electrons. The summed E-state index contributed by atoms with van der Waals surface area (Å²) in [7, 11) is 0. The number of hydrogen-bond acceptors (Lipinski definition) is 3. The van der Waals surface area contributed by atoms with Crippen LogP contribution in [0.5, 0.6) is 0 Å². The SMILES string of the molecule is O=C(CCNC(=O)c1ccccc1)NNC(=O)Cc1ccc(F)cc1. The third-order valence-corrected chi connectivity index (χ3v) is 3.29. The van der Waals surface area contributed by atoms with E-state index in [-0.39, 0.29) is 31.1 Å². The Kier molecular flexibility index (Phi) is 6.65. The number of nitrogens with one attached hydrogen (secondary N) is 3. The van der Waals surface area contributed by atoms with E-state index in [2.05, 4.69) is 16.2 Å². The van der Waals surface area contributed by atoms with Gasteiger partial charge in [-0.05, 0) is 29.8 Å². The van der Waals surface area contributed by atoms with Gasteiger partial charge in [-0.15, -0.1) is 0 Å². The first-order valence-electron chi connectivity index (χ1n) is 7.70. The summed E-state index contributed by atoms with van der Waals surface area (Å²) in [6.45, 7) is 0.146. The fraction of sp³-hybridized carbons (Fsp3) is 0.167. The maximum Gasteiger partial charge on any atom is 0.251 e. The molecule has 0 bridgehead atoms. The van der Waals surface area contributed by atoms with Crippen molar-refractivity contribution < 1.29 is 18.8 Å². The molecule has 0 radical (unpaired) electrons. The smallest absolute Gasteiger partial charge is 0.251 e. The summed E-state index contributed by atoms with van der Waals surface area (Å²) >= 11 is 0. The first-order chi connectivity index (χ1) is 12.0. The molecule has 7 heteroatoms. The van der Waals surface area contributed by atoms with E-state index in [1.165, 1.54) is 24.3 Å². The van der Waals surface area contributed by atoms with E-state index < -0.39 is 11.8 Å². The van der Waals surface area contributed by atoms with Gasteiger partial charge < -0.3 is 5.32 Å². The van der Waals surface area contributed by atoms with Crippen LogP contribution in [0.2, 0.25) is 0 Å². The molecule has 3 N–H and O–H groups in total. The predicted octanol–water partition coefficient (Wildman–Crippen LogP) is 1.34. The molecule has 0 aliphatic carbocycles. The number of benzene rings is 2. The van der Waals surface area contributed by atoms with Crippen molar-refractivity contribution in [2.45, 2.75) is 12.8 Å². The van der Waals surface area contributed by atoms with E-state index in [0.29, 0.717) is 11.1 Å². The maximum atomic E-state index is 12.8. The largest absolute Gasteiger partial charge is 0.352 e. The summed E-state index contributed by atoms with van der Waals surface area (Å²) < 4.78 is 12.8. The van der Waals surface area contributed by atoms with Crippen LogP contribution in [0.1, 0.15) is 22.3 Å². The van der Waals surface area contributed by atoms with Crippen molar-refractivity contribution in [3.8, 4) is 0 Å². The second-order valence-corrected chi connectivity index (χ2v) is 5.27. The average molecular weight is 343 g/mol. The number of hydrazine groups is 1. The lowest BCUT2D eigenvalue weighted by Gasteiger charge is -2.08. The van der Waals surface area contributed by atoms with Crippen LogP contribution in [-0.2, 0) is 16.0 Å². The molecule has 2 rings (SSSR count). The minimum absolute atomic E-state index is 0.0191. The van der Waals surface area contributed by atoms with Crippen LogP contribution in [0.3, 0.4) is 0 Å². The molecule has 0 saturated carbocycles. The molecule has 0 heterocycles. The van der Waals surface area contributed by atoms with Gasteiger partial charge in [-0.1, -0.05) is 30.3 Å². The second-order valence-electron chi connectivity index (χ2n) is 5.27. The van der Waals surface area contributed by atoms with Crippen LogP contribution in [0.15, 0.2) is 54.6 Å². The Bertz CT molecular complexity index is 733. The van der Waals surface area contributed by atoms with Gasteiger partial charge in [-0.25, -0.2) is 4.39 Å². The zero-order valence-electron chi connectivity index (χ0n) is 13.4. The number of rotatable bonds is 6. The fourth-order valence-electron chi connectivity index (χ4n) is 2.01. The second kappa shape index (κ2) is 9.17. The molecule has 0 aliphatic heterocycles. The van der Waals surface area contributed by atoms with E-state index in [1.54, 1.807) is 30.3 Å². The molecule has 0 atom stereocenters. The van der Waals surface area contributed by atoms with Crippen LogP contribution in [0.25, 0.3) is 0 Å². The zero-order chi connectivity index (χ0) is 18.1. The molecule has 0 fully saturated rings. The minimum atomic E-state index is -0.430. The Morgan fingerprint density at radius 2 is 1.48 bits per heavy atom. The molecule has 6 nitrogen and oxygen atoms in total. The number of carbonyl (C=O) groups is 3. The van der Waals surface area contributed by atoms with E-state index in [4.69, 9.17) is 0 Å². The normalized spacial score (nSPS) is 9.96. The Morgan fingerprint density at radius 3 is 2.16 bits per heavy atom. The van der Waals surface area contributed by atoms with Gasteiger partial charge in [0.25, 0.3) is 5.91 Å². The molecule has 0 aliphatic rings. The zero-order valence-corrected chi connectivity index (χ0v) is 13.4. The van der Waals surface area contributed by atoms with Crippen LogP contribution < -0.4 is 16.2 Å². The summed E-state index contributed by atoms with van der Waals surface area (Å²) in [6.07, 6.45) is 0.0424. The molecule has 0 spiro atoms. The molecule has 3 amide bonds. The summed E-state index contributed by atoms with van der Waals surface area (Å²) in [5, 5.41) is 2.61. The minimum Gasteiger partial charge on any atom is -0.352 e. The Labute approximate surface area is 144 Å². The van der Waals surface area contributed by atoms with Crippen molar-refractivity contribution in [3.05, 3.63) is 71.5 Å². The standard InChI is InChI=1S/C18H18FN3O3/c19-15-8-6-13(7-9-15)12-17(24)22-21-16(23)10-11-20-18(25)14-4-2-1-3-5-14/h1-9H,10-12H2,(H,20,25)(H,21,23)(H,22,24). The van der Waals surface area contributed by atoms with E-state index >= 15 is 0 Å². The lowest BCUT2D eigenvalue weighted by molar-refractivity contribution is -0.128. The number of hydrogen-bond donors (Lipinski definition) is 3. The Morgan fingerprint density at radius 1 is 0.840 bits per heavy atom. The number of amides is 3. The van der Waals surface area contributed by atoms with Crippen LogP contribution >= 0.6 is 0 Å². The van der Waals surface area contributed by atoms with Gasteiger partial charge in [-0.2, -0.15) is 0 Å². The van der Waals surface area contributed by atoms with Crippen molar-refractivity contribution in [1.29, 1.82) is 0 Å². The Balaban J connectivity index is 1.64. The fourth-order valence-corrected chi connectivity index (χ4v) is 2.01. The van der Waals surface area contributed by atoms with E-state index in [1.807, 2.05) is 0 Å². The first-order valence-corrected chi connectivity index (χ1v) is 7.70. The van der Waals surface area contributed by atoms with Crippen molar-refractivity contribution >= 4 is 17.7 Å².